The van der Waals surface area contributed by atoms with Gasteiger partial charge in [0.25, 0.3) is 0 Å². The lowest BCUT2D eigenvalue weighted by Crippen LogP contribution is -2.06. The molecule has 0 amide bonds. The van der Waals surface area contributed by atoms with Crippen molar-refractivity contribution in [2.75, 3.05) is 5.33 Å². The molecule has 0 spiro atoms. The smallest absolute Gasteiger partial charge is 0.129 e. The van der Waals surface area contributed by atoms with Crippen molar-refractivity contribution in [2.45, 2.75) is 12.3 Å². The normalized spacial score (nSPS) is 12.4. The summed E-state index contributed by atoms with van der Waals surface area (Å²) in [5.74, 6) is -0.930. The standard InChI is InChI=1S/C15H12BrClF2/c16-9-12(10-1-4-13(17)5-2-10)7-11-3-6-14(18)8-15(11)19/h1-6,8,12H,7,9H2. The van der Waals surface area contributed by atoms with Crippen molar-refractivity contribution in [3.8, 4) is 0 Å². The molecule has 0 radical (unpaired) electrons. The molecule has 0 aliphatic rings. The third-order valence-corrected chi connectivity index (χ3v) is 4.04. The number of hydrogen-bond donors (Lipinski definition) is 0. The molecule has 100 valence electrons. The molecule has 1 atom stereocenters. The van der Waals surface area contributed by atoms with Gasteiger partial charge in [0.2, 0.25) is 0 Å². The van der Waals surface area contributed by atoms with Gasteiger partial charge in [0.05, 0.1) is 0 Å². The molecule has 0 N–H and O–H groups in total. The molecule has 0 saturated carbocycles. The van der Waals surface area contributed by atoms with Gasteiger partial charge in [-0.15, -0.1) is 0 Å². The molecule has 4 heteroatoms. The van der Waals surface area contributed by atoms with Crippen LogP contribution in [-0.4, -0.2) is 5.33 Å². The maximum Gasteiger partial charge on any atom is 0.129 e. The first-order valence-corrected chi connectivity index (χ1v) is 7.35. The Hall–Kier alpha value is -0.930. The Kier molecular flexibility index (Phi) is 4.94. The van der Waals surface area contributed by atoms with E-state index in [-0.39, 0.29) is 5.92 Å². The fraction of sp³-hybridized carbons (Fsp3) is 0.200. The Morgan fingerprint density at radius 2 is 1.74 bits per heavy atom. The summed E-state index contributed by atoms with van der Waals surface area (Å²) in [6, 6.07) is 11.2. The van der Waals surface area contributed by atoms with Gasteiger partial charge in [-0.2, -0.15) is 0 Å². The molecule has 1 unspecified atom stereocenters. The van der Waals surface area contributed by atoms with Gasteiger partial charge in [-0.3, -0.25) is 0 Å². The van der Waals surface area contributed by atoms with Crippen molar-refractivity contribution >= 4 is 27.5 Å². The average Bonchev–Trinajstić information content (AvgIpc) is 2.39. The van der Waals surface area contributed by atoms with E-state index in [2.05, 4.69) is 15.9 Å². The average molecular weight is 346 g/mol. The molecule has 0 saturated heterocycles. The van der Waals surface area contributed by atoms with Gasteiger partial charge in [-0.25, -0.2) is 8.78 Å². The Labute approximate surface area is 124 Å². The number of halogens is 4. The molecular formula is C15H12BrClF2. The highest BCUT2D eigenvalue weighted by Crippen LogP contribution is 2.25. The van der Waals surface area contributed by atoms with E-state index in [9.17, 15) is 8.78 Å². The Bertz CT molecular complexity index is 555. The van der Waals surface area contributed by atoms with Crippen LogP contribution in [0.4, 0.5) is 8.78 Å². The van der Waals surface area contributed by atoms with Gasteiger partial charge in [0.1, 0.15) is 11.6 Å². The van der Waals surface area contributed by atoms with Crippen LogP contribution < -0.4 is 0 Å². The van der Waals surface area contributed by atoms with Crippen molar-refractivity contribution in [3.05, 3.63) is 70.2 Å². The molecule has 0 aliphatic heterocycles. The van der Waals surface area contributed by atoms with Crippen molar-refractivity contribution in [3.63, 3.8) is 0 Å². The molecule has 2 aromatic rings. The van der Waals surface area contributed by atoms with Crippen LogP contribution in [0.15, 0.2) is 42.5 Å². The Morgan fingerprint density at radius 3 is 2.32 bits per heavy atom. The molecule has 2 aromatic carbocycles. The topological polar surface area (TPSA) is 0 Å². The Balaban J connectivity index is 2.21. The van der Waals surface area contributed by atoms with Crippen molar-refractivity contribution < 1.29 is 8.78 Å². The van der Waals surface area contributed by atoms with Crippen molar-refractivity contribution in [1.82, 2.24) is 0 Å². The van der Waals surface area contributed by atoms with E-state index in [0.29, 0.717) is 22.3 Å². The highest BCUT2D eigenvalue weighted by Gasteiger charge is 2.14. The second-order valence-electron chi connectivity index (χ2n) is 4.34. The summed E-state index contributed by atoms with van der Waals surface area (Å²) in [6.45, 7) is 0. The van der Waals surface area contributed by atoms with E-state index in [1.165, 1.54) is 12.1 Å². The van der Waals surface area contributed by atoms with Crippen LogP contribution in [0.2, 0.25) is 5.02 Å². The maximum atomic E-state index is 13.7. The first-order valence-electron chi connectivity index (χ1n) is 5.85. The maximum absolute atomic E-state index is 13.7. The summed E-state index contributed by atoms with van der Waals surface area (Å²) in [5, 5.41) is 1.37. The van der Waals surface area contributed by atoms with Gasteiger partial charge in [0, 0.05) is 16.4 Å². The number of rotatable bonds is 4. The summed E-state index contributed by atoms with van der Waals surface area (Å²) < 4.78 is 26.5. The van der Waals surface area contributed by atoms with E-state index in [1.54, 1.807) is 0 Å². The summed E-state index contributed by atoms with van der Waals surface area (Å²) in [6.07, 6.45) is 0.513. The number of alkyl halides is 1. The van der Waals surface area contributed by atoms with Gasteiger partial charge in [-0.1, -0.05) is 45.7 Å². The predicted molar refractivity (Wildman–Crippen MR) is 78.0 cm³/mol. The van der Waals surface area contributed by atoms with Crippen LogP contribution in [0.5, 0.6) is 0 Å². The van der Waals surface area contributed by atoms with E-state index in [0.717, 1.165) is 11.6 Å². The third-order valence-electron chi connectivity index (χ3n) is 3.01. The molecule has 0 aromatic heterocycles. The minimum atomic E-state index is -0.553. The minimum absolute atomic E-state index is 0.122. The third kappa shape index (κ3) is 3.77. The fourth-order valence-electron chi connectivity index (χ4n) is 1.95. The minimum Gasteiger partial charge on any atom is -0.207 e. The summed E-state index contributed by atoms with van der Waals surface area (Å²) in [7, 11) is 0. The van der Waals surface area contributed by atoms with Crippen molar-refractivity contribution in [1.29, 1.82) is 0 Å². The molecule has 2 rings (SSSR count). The zero-order valence-corrected chi connectivity index (χ0v) is 12.4. The number of benzene rings is 2. The molecule has 0 fully saturated rings. The predicted octanol–water partition coefficient (Wildman–Crippen LogP) is 5.34. The fourth-order valence-corrected chi connectivity index (χ4v) is 2.68. The lowest BCUT2D eigenvalue weighted by molar-refractivity contribution is 0.566. The van der Waals surface area contributed by atoms with E-state index >= 15 is 0 Å². The second kappa shape index (κ2) is 6.49. The molecule has 0 aliphatic carbocycles. The summed E-state index contributed by atoms with van der Waals surface area (Å²) in [4.78, 5) is 0. The van der Waals surface area contributed by atoms with Crippen LogP contribution in [0.25, 0.3) is 0 Å². The van der Waals surface area contributed by atoms with Gasteiger partial charge < -0.3 is 0 Å². The lowest BCUT2D eigenvalue weighted by Gasteiger charge is -2.15. The monoisotopic (exact) mass is 344 g/mol. The highest BCUT2D eigenvalue weighted by atomic mass is 79.9. The zero-order valence-electron chi connectivity index (χ0n) is 10.0. The molecule has 0 nitrogen and oxygen atoms in total. The van der Waals surface area contributed by atoms with Crippen molar-refractivity contribution in [2.24, 2.45) is 0 Å². The van der Waals surface area contributed by atoms with Crippen LogP contribution in [0, 0.1) is 11.6 Å². The molecule has 0 heterocycles. The van der Waals surface area contributed by atoms with Gasteiger partial charge in [0.15, 0.2) is 0 Å². The first-order chi connectivity index (χ1) is 9.10. The van der Waals surface area contributed by atoms with Crippen LogP contribution in [-0.2, 0) is 6.42 Å². The van der Waals surface area contributed by atoms with Gasteiger partial charge in [-0.05, 0) is 41.7 Å². The molecular weight excluding hydrogens is 334 g/mol. The van der Waals surface area contributed by atoms with Crippen LogP contribution in [0.1, 0.15) is 17.0 Å². The SMILES string of the molecule is Fc1ccc(CC(CBr)c2ccc(Cl)cc2)c(F)c1. The Morgan fingerprint density at radius 1 is 1.05 bits per heavy atom. The zero-order chi connectivity index (χ0) is 13.8. The quantitative estimate of drug-likeness (QED) is 0.656. The highest BCUT2D eigenvalue weighted by molar-refractivity contribution is 9.09. The first kappa shape index (κ1) is 14.5. The van der Waals surface area contributed by atoms with Crippen LogP contribution >= 0.6 is 27.5 Å². The van der Waals surface area contributed by atoms with Crippen LogP contribution in [0.3, 0.4) is 0 Å². The molecule has 0 bridgehead atoms. The summed E-state index contributed by atoms with van der Waals surface area (Å²) in [5.41, 5.74) is 1.59. The molecule has 19 heavy (non-hydrogen) atoms. The second-order valence-corrected chi connectivity index (χ2v) is 5.43. The number of hydrogen-bond acceptors (Lipinski definition) is 0. The summed E-state index contributed by atoms with van der Waals surface area (Å²) >= 11 is 9.29. The van der Waals surface area contributed by atoms with E-state index in [4.69, 9.17) is 11.6 Å². The lowest BCUT2D eigenvalue weighted by atomic mass is 9.93. The van der Waals surface area contributed by atoms with E-state index < -0.39 is 11.6 Å². The largest absolute Gasteiger partial charge is 0.207 e. The van der Waals surface area contributed by atoms with Gasteiger partial charge >= 0.3 is 0 Å². The van der Waals surface area contributed by atoms with E-state index in [1.807, 2.05) is 24.3 Å².